The molecule has 22 heavy (non-hydrogen) atoms. The van der Waals surface area contributed by atoms with Gasteiger partial charge in [-0.05, 0) is 57.1 Å². The van der Waals surface area contributed by atoms with E-state index in [1.165, 1.54) is 0 Å². The lowest BCUT2D eigenvalue weighted by atomic mass is 10.1. The van der Waals surface area contributed by atoms with E-state index < -0.39 is 0 Å². The number of aryl methyl sites for hydroxylation is 1. The summed E-state index contributed by atoms with van der Waals surface area (Å²) in [5, 5.41) is 6.91. The minimum atomic E-state index is 0.485. The number of hydrogen-bond donors (Lipinski definition) is 2. The number of benzene rings is 1. The van der Waals surface area contributed by atoms with Crippen molar-refractivity contribution in [2.45, 2.75) is 25.8 Å². The lowest BCUT2D eigenvalue weighted by molar-refractivity contribution is 0.415. The number of hydrogen-bond acceptors (Lipinski definition) is 5. The first kappa shape index (κ1) is 14.8. The molecule has 1 aromatic carbocycles. The van der Waals surface area contributed by atoms with Gasteiger partial charge in [0.1, 0.15) is 11.6 Å². The molecule has 1 saturated heterocycles. The quantitative estimate of drug-likeness (QED) is 0.908. The Kier molecular flexibility index (Phi) is 4.53. The Hall–Kier alpha value is -2.14. The molecule has 2 N–H and O–H groups in total. The number of anilines is 1. The van der Waals surface area contributed by atoms with Gasteiger partial charge >= 0.3 is 0 Å². The minimum absolute atomic E-state index is 0.485. The van der Waals surface area contributed by atoms with Crippen molar-refractivity contribution in [2.24, 2.45) is 0 Å². The third-order valence-electron chi connectivity index (χ3n) is 3.89. The summed E-state index contributed by atoms with van der Waals surface area (Å²) in [6, 6.07) is 10.3. The van der Waals surface area contributed by atoms with E-state index in [2.05, 4.69) is 20.6 Å². The summed E-state index contributed by atoms with van der Waals surface area (Å²) in [5.41, 5.74) is 1.97. The lowest BCUT2D eigenvalue weighted by Gasteiger charge is -2.24. The highest BCUT2D eigenvalue weighted by atomic mass is 16.5. The molecule has 1 aliphatic rings. The molecule has 0 bridgehead atoms. The van der Waals surface area contributed by atoms with Crippen LogP contribution in [-0.4, -0.2) is 36.2 Å². The van der Waals surface area contributed by atoms with Crippen molar-refractivity contribution in [1.82, 2.24) is 15.3 Å². The molecular weight excluding hydrogens is 276 g/mol. The monoisotopic (exact) mass is 298 g/mol. The first-order valence-electron chi connectivity index (χ1n) is 7.72. The lowest BCUT2D eigenvalue weighted by Crippen LogP contribution is -2.35. The molecule has 2 heterocycles. The van der Waals surface area contributed by atoms with Crippen molar-refractivity contribution in [3.63, 3.8) is 0 Å². The maximum Gasteiger partial charge on any atom is 0.161 e. The van der Waals surface area contributed by atoms with E-state index in [9.17, 15) is 0 Å². The maximum absolute atomic E-state index is 5.19. The Labute approximate surface area is 131 Å². The summed E-state index contributed by atoms with van der Waals surface area (Å²) in [5.74, 6) is 2.49. The van der Waals surface area contributed by atoms with Crippen LogP contribution < -0.4 is 15.4 Å². The molecule has 1 fully saturated rings. The molecule has 0 spiro atoms. The summed E-state index contributed by atoms with van der Waals surface area (Å²) in [4.78, 5) is 9.22. The summed E-state index contributed by atoms with van der Waals surface area (Å²) >= 11 is 0. The number of methoxy groups -OCH3 is 1. The van der Waals surface area contributed by atoms with Crippen molar-refractivity contribution in [3.05, 3.63) is 36.0 Å². The summed E-state index contributed by atoms with van der Waals surface area (Å²) in [7, 11) is 1.67. The second-order valence-corrected chi connectivity index (χ2v) is 5.62. The minimum Gasteiger partial charge on any atom is -0.497 e. The number of aromatic nitrogens is 2. The van der Waals surface area contributed by atoms with Gasteiger partial charge in [-0.25, -0.2) is 9.97 Å². The summed E-state index contributed by atoms with van der Waals surface area (Å²) in [6.07, 6.45) is 2.25. The van der Waals surface area contributed by atoms with Crippen molar-refractivity contribution in [2.75, 3.05) is 25.5 Å². The molecular formula is C17H22N4O. The van der Waals surface area contributed by atoms with E-state index in [0.717, 1.165) is 54.6 Å². The SMILES string of the molecule is COc1ccc(-c2nc(C)cc(NC3CCNCC3)n2)cc1. The predicted molar refractivity (Wildman–Crippen MR) is 88.3 cm³/mol. The van der Waals surface area contributed by atoms with Crippen LogP contribution in [0, 0.1) is 6.92 Å². The standard InChI is InChI=1S/C17H22N4O/c1-12-11-16(20-14-7-9-18-10-8-14)21-17(19-12)13-3-5-15(22-2)6-4-13/h3-6,11,14,18H,7-10H2,1-2H3,(H,19,20,21). The van der Waals surface area contributed by atoms with Gasteiger partial charge in [0, 0.05) is 23.4 Å². The Morgan fingerprint density at radius 2 is 1.86 bits per heavy atom. The molecule has 5 heteroatoms. The highest BCUT2D eigenvalue weighted by Gasteiger charge is 2.14. The van der Waals surface area contributed by atoms with Crippen LogP contribution >= 0.6 is 0 Å². The molecule has 1 aliphatic heterocycles. The van der Waals surface area contributed by atoms with Crippen molar-refractivity contribution in [1.29, 1.82) is 0 Å². The van der Waals surface area contributed by atoms with Gasteiger partial charge in [0.15, 0.2) is 5.82 Å². The third-order valence-corrected chi connectivity index (χ3v) is 3.89. The van der Waals surface area contributed by atoms with Gasteiger partial charge in [-0.15, -0.1) is 0 Å². The largest absolute Gasteiger partial charge is 0.497 e. The van der Waals surface area contributed by atoms with Crippen LogP contribution in [0.15, 0.2) is 30.3 Å². The van der Waals surface area contributed by atoms with Gasteiger partial charge < -0.3 is 15.4 Å². The number of rotatable bonds is 4. The normalized spacial score (nSPS) is 15.5. The molecule has 116 valence electrons. The third kappa shape index (κ3) is 3.54. The second kappa shape index (κ2) is 6.75. The predicted octanol–water partition coefficient (Wildman–Crippen LogP) is 2.62. The molecule has 0 aliphatic carbocycles. The van der Waals surface area contributed by atoms with Gasteiger partial charge in [-0.3, -0.25) is 0 Å². The van der Waals surface area contributed by atoms with E-state index in [1.54, 1.807) is 7.11 Å². The Balaban J connectivity index is 1.81. The number of nitrogens with zero attached hydrogens (tertiary/aromatic N) is 2. The molecule has 2 aromatic rings. The van der Waals surface area contributed by atoms with Gasteiger partial charge in [0.2, 0.25) is 0 Å². The van der Waals surface area contributed by atoms with Crippen LogP contribution in [0.2, 0.25) is 0 Å². The molecule has 0 atom stereocenters. The van der Waals surface area contributed by atoms with Crippen LogP contribution in [0.5, 0.6) is 5.75 Å². The molecule has 0 radical (unpaired) electrons. The first-order valence-corrected chi connectivity index (χ1v) is 7.72. The van der Waals surface area contributed by atoms with E-state index >= 15 is 0 Å². The zero-order valence-electron chi connectivity index (χ0n) is 13.1. The summed E-state index contributed by atoms with van der Waals surface area (Å²) < 4.78 is 5.19. The fourth-order valence-corrected chi connectivity index (χ4v) is 2.69. The van der Waals surface area contributed by atoms with Gasteiger partial charge in [0.05, 0.1) is 7.11 Å². The number of ether oxygens (including phenoxy) is 1. The van der Waals surface area contributed by atoms with Crippen molar-refractivity contribution < 1.29 is 4.74 Å². The fraction of sp³-hybridized carbons (Fsp3) is 0.412. The molecule has 0 unspecified atom stereocenters. The number of nitrogens with one attached hydrogen (secondary N) is 2. The van der Waals surface area contributed by atoms with Crippen LogP contribution in [0.25, 0.3) is 11.4 Å². The Morgan fingerprint density at radius 1 is 1.14 bits per heavy atom. The van der Waals surface area contributed by atoms with Crippen LogP contribution in [0.1, 0.15) is 18.5 Å². The highest BCUT2D eigenvalue weighted by Crippen LogP contribution is 2.22. The first-order chi connectivity index (χ1) is 10.7. The molecule has 5 nitrogen and oxygen atoms in total. The van der Waals surface area contributed by atoms with Crippen LogP contribution in [0.4, 0.5) is 5.82 Å². The summed E-state index contributed by atoms with van der Waals surface area (Å²) in [6.45, 7) is 4.13. The molecule has 0 saturated carbocycles. The highest BCUT2D eigenvalue weighted by molar-refractivity contribution is 5.58. The Bertz CT molecular complexity index is 621. The van der Waals surface area contributed by atoms with E-state index in [4.69, 9.17) is 4.74 Å². The van der Waals surface area contributed by atoms with Crippen LogP contribution in [-0.2, 0) is 0 Å². The zero-order valence-corrected chi connectivity index (χ0v) is 13.1. The van der Waals surface area contributed by atoms with Crippen molar-refractivity contribution >= 4 is 5.82 Å². The van der Waals surface area contributed by atoms with Crippen molar-refractivity contribution in [3.8, 4) is 17.1 Å². The average molecular weight is 298 g/mol. The van der Waals surface area contributed by atoms with E-state index in [1.807, 2.05) is 37.3 Å². The van der Waals surface area contributed by atoms with Crippen LogP contribution in [0.3, 0.4) is 0 Å². The second-order valence-electron chi connectivity index (χ2n) is 5.62. The van der Waals surface area contributed by atoms with Gasteiger partial charge in [0.25, 0.3) is 0 Å². The maximum atomic E-state index is 5.19. The average Bonchev–Trinajstić information content (AvgIpc) is 2.55. The van der Waals surface area contributed by atoms with E-state index in [-0.39, 0.29) is 0 Å². The zero-order chi connectivity index (χ0) is 15.4. The smallest absolute Gasteiger partial charge is 0.161 e. The molecule has 3 rings (SSSR count). The molecule has 1 aromatic heterocycles. The Morgan fingerprint density at radius 3 is 2.55 bits per heavy atom. The van der Waals surface area contributed by atoms with Gasteiger partial charge in [-0.2, -0.15) is 0 Å². The van der Waals surface area contributed by atoms with Gasteiger partial charge in [-0.1, -0.05) is 0 Å². The number of piperidine rings is 1. The van der Waals surface area contributed by atoms with E-state index in [0.29, 0.717) is 6.04 Å². The molecule has 0 amide bonds. The topological polar surface area (TPSA) is 59.1 Å². The fourth-order valence-electron chi connectivity index (χ4n) is 2.69.